The predicted molar refractivity (Wildman–Crippen MR) is 108 cm³/mol. The fourth-order valence-corrected chi connectivity index (χ4v) is 4.87. The number of nitrogens with zero attached hydrogens (tertiary/aromatic N) is 3. The standard InChI is InChI=1S/C19H12F4N4O3S2/c20-16-11-24-18(31-16)26-32(28,29)15-8-4-7-14(30-12-5-2-1-3-6-12)17(15)13-9-10-25-27(13)19(21,22)23/h1-11H,(H,24,26). The van der Waals surface area contributed by atoms with E-state index in [1.54, 1.807) is 30.3 Å². The van der Waals surface area contributed by atoms with Gasteiger partial charge in [-0.15, -0.1) is 13.2 Å². The number of para-hydroxylation sites is 1. The van der Waals surface area contributed by atoms with E-state index in [1.165, 1.54) is 12.1 Å². The number of nitrogens with one attached hydrogen (secondary N) is 1. The first-order valence-corrected chi connectivity index (χ1v) is 11.1. The lowest BCUT2D eigenvalue weighted by molar-refractivity contribution is -0.211. The molecule has 0 aliphatic heterocycles. The Hall–Kier alpha value is -3.45. The minimum absolute atomic E-state index is 0.157. The third-order valence-corrected chi connectivity index (χ3v) is 6.30. The largest absolute Gasteiger partial charge is 0.505 e. The highest BCUT2D eigenvalue weighted by molar-refractivity contribution is 7.93. The molecule has 1 N–H and O–H groups in total. The molecule has 7 nitrogen and oxygen atoms in total. The third kappa shape index (κ3) is 4.43. The van der Waals surface area contributed by atoms with Crippen molar-refractivity contribution in [3.05, 3.63) is 72.1 Å². The zero-order valence-electron chi connectivity index (χ0n) is 15.7. The molecule has 0 atom stereocenters. The molecule has 2 aromatic carbocycles. The first-order valence-electron chi connectivity index (χ1n) is 8.77. The second kappa shape index (κ2) is 8.24. The number of ether oxygens (including phenoxy) is 1. The highest BCUT2D eigenvalue weighted by atomic mass is 32.2. The molecule has 2 heterocycles. The molecule has 0 fully saturated rings. The Bertz CT molecular complexity index is 1350. The van der Waals surface area contributed by atoms with Crippen molar-refractivity contribution in [2.75, 3.05) is 4.72 Å². The van der Waals surface area contributed by atoms with Gasteiger partial charge < -0.3 is 4.74 Å². The molecule has 4 rings (SSSR count). The molecule has 2 aromatic heterocycles. The number of hydrogen-bond acceptors (Lipinski definition) is 6. The summed E-state index contributed by atoms with van der Waals surface area (Å²) >= 11 is 0.430. The van der Waals surface area contributed by atoms with Crippen LogP contribution >= 0.6 is 11.3 Å². The third-order valence-electron chi connectivity index (χ3n) is 4.09. The van der Waals surface area contributed by atoms with Gasteiger partial charge in [-0.2, -0.15) is 14.2 Å². The number of benzene rings is 2. The van der Waals surface area contributed by atoms with Crippen LogP contribution in [-0.4, -0.2) is 23.2 Å². The van der Waals surface area contributed by atoms with Crippen molar-refractivity contribution in [1.29, 1.82) is 0 Å². The molecule has 166 valence electrons. The zero-order chi connectivity index (χ0) is 22.9. The average Bonchev–Trinajstić information content (AvgIpc) is 3.37. The summed E-state index contributed by atoms with van der Waals surface area (Å²) in [6.07, 6.45) is -3.22. The highest BCUT2D eigenvalue weighted by Crippen LogP contribution is 2.41. The molecular formula is C19H12F4N4O3S2. The van der Waals surface area contributed by atoms with E-state index >= 15 is 0 Å². The molecule has 0 saturated heterocycles. The van der Waals surface area contributed by atoms with Crippen LogP contribution in [0, 0.1) is 5.13 Å². The zero-order valence-corrected chi connectivity index (χ0v) is 17.4. The number of rotatable bonds is 6. The van der Waals surface area contributed by atoms with Crippen LogP contribution in [0.15, 0.2) is 71.9 Å². The van der Waals surface area contributed by atoms with Crippen molar-refractivity contribution in [3.8, 4) is 22.8 Å². The SMILES string of the molecule is O=S(=O)(Nc1ncc(F)s1)c1cccc(Oc2ccccc2)c1-c1ccnn1C(F)(F)F. The smallest absolute Gasteiger partial charge is 0.457 e. The van der Waals surface area contributed by atoms with Gasteiger partial charge >= 0.3 is 6.30 Å². The van der Waals surface area contributed by atoms with Crippen molar-refractivity contribution in [3.63, 3.8) is 0 Å². The molecule has 32 heavy (non-hydrogen) atoms. The molecule has 0 amide bonds. The lowest BCUT2D eigenvalue weighted by Crippen LogP contribution is -2.21. The molecule has 0 aliphatic rings. The monoisotopic (exact) mass is 484 g/mol. The number of sulfonamides is 1. The summed E-state index contributed by atoms with van der Waals surface area (Å²) in [6.45, 7) is 0. The molecule has 4 aromatic rings. The van der Waals surface area contributed by atoms with E-state index in [0.717, 1.165) is 24.5 Å². The van der Waals surface area contributed by atoms with E-state index in [-0.39, 0.29) is 26.9 Å². The molecular weight excluding hydrogens is 472 g/mol. The van der Waals surface area contributed by atoms with E-state index < -0.39 is 32.0 Å². The summed E-state index contributed by atoms with van der Waals surface area (Å²) in [5, 5.41) is 2.26. The molecule has 0 saturated carbocycles. The second-order valence-electron chi connectivity index (χ2n) is 6.22. The topological polar surface area (TPSA) is 86.1 Å². The lowest BCUT2D eigenvalue weighted by Gasteiger charge is -2.18. The quantitative estimate of drug-likeness (QED) is 0.380. The maximum absolute atomic E-state index is 13.5. The first-order chi connectivity index (χ1) is 15.1. The highest BCUT2D eigenvalue weighted by Gasteiger charge is 2.36. The van der Waals surface area contributed by atoms with Crippen LogP contribution in [0.2, 0.25) is 0 Å². The minimum Gasteiger partial charge on any atom is -0.457 e. The Morgan fingerprint density at radius 3 is 2.44 bits per heavy atom. The summed E-state index contributed by atoms with van der Waals surface area (Å²) in [5.41, 5.74) is -0.939. The van der Waals surface area contributed by atoms with Crippen molar-refractivity contribution >= 4 is 26.5 Å². The summed E-state index contributed by atoms with van der Waals surface area (Å²) < 4.78 is 87.6. The molecule has 0 spiro atoms. The maximum Gasteiger partial charge on any atom is 0.505 e. The number of halogens is 4. The van der Waals surface area contributed by atoms with E-state index in [1.807, 2.05) is 0 Å². The van der Waals surface area contributed by atoms with E-state index in [2.05, 4.69) is 14.8 Å². The van der Waals surface area contributed by atoms with Crippen LogP contribution < -0.4 is 9.46 Å². The fraction of sp³-hybridized carbons (Fsp3) is 0.0526. The summed E-state index contributed by atoms with van der Waals surface area (Å²) in [4.78, 5) is 3.06. The lowest BCUT2D eigenvalue weighted by atomic mass is 10.1. The second-order valence-corrected chi connectivity index (χ2v) is 8.85. The van der Waals surface area contributed by atoms with Gasteiger partial charge in [0.1, 0.15) is 16.4 Å². The number of hydrogen-bond donors (Lipinski definition) is 1. The number of thiazole rings is 1. The van der Waals surface area contributed by atoms with Gasteiger partial charge in [-0.25, -0.2) is 13.4 Å². The van der Waals surface area contributed by atoms with Gasteiger partial charge in [0.15, 0.2) is 10.3 Å². The van der Waals surface area contributed by atoms with Gasteiger partial charge in [0, 0.05) is 6.20 Å². The van der Waals surface area contributed by atoms with Crippen LogP contribution in [0.3, 0.4) is 0 Å². The Labute approximate surface area is 183 Å². The summed E-state index contributed by atoms with van der Waals surface area (Å²) in [6, 6.07) is 12.9. The van der Waals surface area contributed by atoms with Crippen molar-refractivity contribution in [1.82, 2.24) is 14.8 Å². The van der Waals surface area contributed by atoms with Gasteiger partial charge in [-0.3, -0.25) is 4.72 Å². The number of aromatic nitrogens is 3. The minimum atomic E-state index is -4.93. The number of anilines is 1. The van der Waals surface area contributed by atoms with E-state index in [4.69, 9.17) is 4.74 Å². The molecule has 0 bridgehead atoms. The number of alkyl halides is 3. The molecule has 0 aliphatic carbocycles. The van der Waals surface area contributed by atoms with Crippen molar-refractivity contribution < 1.29 is 30.7 Å². The fourth-order valence-electron chi connectivity index (χ4n) is 2.85. The van der Waals surface area contributed by atoms with Gasteiger partial charge in [0.25, 0.3) is 10.0 Å². The Morgan fingerprint density at radius 2 is 1.78 bits per heavy atom. The van der Waals surface area contributed by atoms with Gasteiger partial charge in [0.05, 0.1) is 17.5 Å². The van der Waals surface area contributed by atoms with Gasteiger partial charge in [-0.05, 0) is 30.3 Å². The van der Waals surface area contributed by atoms with Crippen LogP contribution in [-0.2, 0) is 16.3 Å². The maximum atomic E-state index is 13.5. The Morgan fingerprint density at radius 1 is 1.03 bits per heavy atom. The van der Waals surface area contributed by atoms with Crippen molar-refractivity contribution in [2.45, 2.75) is 11.2 Å². The van der Waals surface area contributed by atoms with Crippen LogP contribution in [0.25, 0.3) is 11.3 Å². The Balaban J connectivity index is 1.91. The first kappa shape index (κ1) is 21.8. The van der Waals surface area contributed by atoms with Gasteiger partial charge in [-0.1, -0.05) is 35.6 Å². The molecule has 13 heteroatoms. The van der Waals surface area contributed by atoms with Crippen molar-refractivity contribution in [2.24, 2.45) is 0 Å². The molecule has 0 radical (unpaired) electrons. The van der Waals surface area contributed by atoms with Gasteiger partial charge in [0.2, 0.25) is 0 Å². The summed E-state index contributed by atoms with van der Waals surface area (Å²) in [5.74, 6) is 0.117. The van der Waals surface area contributed by atoms with Crippen LogP contribution in [0.4, 0.5) is 22.7 Å². The van der Waals surface area contributed by atoms with Crippen LogP contribution in [0.1, 0.15) is 0 Å². The average molecular weight is 484 g/mol. The summed E-state index contributed by atoms with van der Waals surface area (Å²) in [7, 11) is -4.49. The normalized spacial score (nSPS) is 12.0. The van der Waals surface area contributed by atoms with Crippen LogP contribution in [0.5, 0.6) is 11.5 Å². The Kier molecular flexibility index (Phi) is 5.60. The van der Waals surface area contributed by atoms with E-state index in [0.29, 0.717) is 11.3 Å². The molecule has 0 unspecified atom stereocenters. The van der Waals surface area contributed by atoms with E-state index in [9.17, 15) is 26.0 Å². The predicted octanol–water partition coefficient (Wildman–Crippen LogP) is 5.22.